The minimum atomic E-state index is -0.220. The molecule has 1 heterocycles. The summed E-state index contributed by atoms with van der Waals surface area (Å²) in [5.41, 5.74) is 1.97. The Morgan fingerprint density at radius 2 is 2.24 bits per heavy atom. The Kier molecular flexibility index (Phi) is 5.56. The summed E-state index contributed by atoms with van der Waals surface area (Å²) in [7, 11) is 0. The molecule has 0 aliphatic carbocycles. The van der Waals surface area contributed by atoms with Crippen molar-refractivity contribution in [3.05, 3.63) is 29.6 Å². The van der Waals surface area contributed by atoms with Gasteiger partial charge in [-0.3, -0.25) is 4.79 Å². The molecule has 0 bridgehead atoms. The molecule has 0 saturated carbocycles. The van der Waals surface area contributed by atoms with Gasteiger partial charge in [0.1, 0.15) is 5.82 Å². The lowest BCUT2D eigenvalue weighted by molar-refractivity contribution is -0.120. The van der Waals surface area contributed by atoms with Crippen LogP contribution in [0.25, 0.3) is 0 Å². The number of carbonyl (C=O) groups excluding carboxylic acids is 1. The quantitative estimate of drug-likeness (QED) is 0.875. The molecule has 2 N–H and O–H groups in total. The van der Waals surface area contributed by atoms with Crippen LogP contribution in [0.4, 0.5) is 10.1 Å². The van der Waals surface area contributed by atoms with E-state index in [1.165, 1.54) is 6.07 Å². The van der Waals surface area contributed by atoms with Crippen molar-refractivity contribution in [1.29, 1.82) is 0 Å². The van der Waals surface area contributed by atoms with Gasteiger partial charge in [-0.1, -0.05) is 6.92 Å². The number of nitrogens with zero attached hydrogens (tertiary/aromatic N) is 1. The van der Waals surface area contributed by atoms with Crippen LogP contribution in [0.15, 0.2) is 18.2 Å². The summed E-state index contributed by atoms with van der Waals surface area (Å²) in [5.74, 6) is -0.138. The van der Waals surface area contributed by atoms with Gasteiger partial charge in [0.15, 0.2) is 0 Å². The van der Waals surface area contributed by atoms with Crippen molar-refractivity contribution >= 4 is 11.6 Å². The number of hydrogen-bond acceptors (Lipinski definition) is 3. The number of carbonyl (C=O) groups is 1. The number of hydrogen-bond donors (Lipinski definition) is 2. The maximum atomic E-state index is 13.6. The highest BCUT2D eigenvalue weighted by Gasteiger charge is 2.19. The Labute approximate surface area is 125 Å². The molecule has 1 aliphatic heterocycles. The van der Waals surface area contributed by atoms with Crippen LogP contribution in [0.2, 0.25) is 0 Å². The number of amides is 1. The summed E-state index contributed by atoms with van der Waals surface area (Å²) >= 11 is 0. The zero-order valence-corrected chi connectivity index (χ0v) is 12.8. The standard InChI is InChI=1S/C16H24FN3O/c1-3-7-18-12(2)14-11-13(17)4-5-15(14)20-9-6-16(21)19-8-10-20/h4-5,11-12,18H,3,6-10H2,1-2H3,(H,19,21). The molecule has 1 amide bonds. The Morgan fingerprint density at radius 3 is 3.00 bits per heavy atom. The van der Waals surface area contributed by atoms with E-state index in [1.807, 2.05) is 6.07 Å². The zero-order chi connectivity index (χ0) is 15.2. The molecule has 2 rings (SSSR count). The molecule has 1 atom stereocenters. The first kappa shape index (κ1) is 15.8. The van der Waals surface area contributed by atoms with E-state index in [2.05, 4.69) is 29.4 Å². The van der Waals surface area contributed by atoms with Crippen molar-refractivity contribution in [2.24, 2.45) is 0 Å². The number of halogens is 1. The number of benzene rings is 1. The topological polar surface area (TPSA) is 44.4 Å². The third kappa shape index (κ3) is 4.17. The normalized spacial score (nSPS) is 17.3. The summed E-state index contributed by atoms with van der Waals surface area (Å²) in [6.45, 7) is 7.12. The van der Waals surface area contributed by atoms with E-state index < -0.39 is 0 Å². The molecule has 0 aromatic heterocycles. The maximum Gasteiger partial charge on any atom is 0.221 e. The van der Waals surface area contributed by atoms with Crippen molar-refractivity contribution in [2.75, 3.05) is 31.1 Å². The third-order valence-corrected chi connectivity index (χ3v) is 3.81. The summed E-state index contributed by atoms with van der Waals surface area (Å²) < 4.78 is 13.6. The monoisotopic (exact) mass is 293 g/mol. The van der Waals surface area contributed by atoms with E-state index in [1.54, 1.807) is 6.07 Å². The Balaban J connectivity index is 2.23. The van der Waals surface area contributed by atoms with Crippen molar-refractivity contribution in [1.82, 2.24) is 10.6 Å². The Morgan fingerprint density at radius 1 is 1.43 bits per heavy atom. The van der Waals surface area contributed by atoms with Crippen molar-refractivity contribution in [3.8, 4) is 0 Å². The molecule has 116 valence electrons. The molecule has 1 saturated heterocycles. The lowest BCUT2D eigenvalue weighted by Crippen LogP contribution is -2.30. The van der Waals surface area contributed by atoms with Gasteiger partial charge in [0.05, 0.1) is 0 Å². The molecule has 4 nitrogen and oxygen atoms in total. The second-order valence-corrected chi connectivity index (χ2v) is 5.47. The molecule has 0 radical (unpaired) electrons. The molecule has 1 aromatic rings. The first-order valence-corrected chi connectivity index (χ1v) is 7.66. The highest BCUT2D eigenvalue weighted by atomic mass is 19.1. The van der Waals surface area contributed by atoms with E-state index in [0.717, 1.165) is 30.8 Å². The maximum absolute atomic E-state index is 13.6. The largest absolute Gasteiger partial charge is 0.369 e. The van der Waals surface area contributed by atoms with Crippen LogP contribution in [0, 0.1) is 5.82 Å². The number of rotatable bonds is 5. The fraction of sp³-hybridized carbons (Fsp3) is 0.562. The van der Waals surface area contributed by atoms with Crippen LogP contribution in [0.5, 0.6) is 0 Å². The van der Waals surface area contributed by atoms with Crippen LogP contribution in [-0.2, 0) is 4.79 Å². The van der Waals surface area contributed by atoms with E-state index in [4.69, 9.17) is 0 Å². The van der Waals surface area contributed by atoms with Gasteiger partial charge in [0, 0.05) is 37.8 Å². The smallest absolute Gasteiger partial charge is 0.221 e. The number of anilines is 1. The van der Waals surface area contributed by atoms with Gasteiger partial charge < -0.3 is 15.5 Å². The first-order valence-electron chi connectivity index (χ1n) is 7.66. The third-order valence-electron chi connectivity index (χ3n) is 3.81. The second-order valence-electron chi connectivity index (χ2n) is 5.47. The predicted molar refractivity (Wildman–Crippen MR) is 82.9 cm³/mol. The molecule has 1 aromatic carbocycles. The van der Waals surface area contributed by atoms with E-state index >= 15 is 0 Å². The highest BCUT2D eigenvalue weighted by Crippen LogP contribution is 2.28. The van der Waals surface area contributed by atoms with Crippen LogP contribution in [0.3, 0.4) is 0 Å². The van der Waals surface area contributed by atoms with Crippen LogP contribution in [0.1, 0.15) is 38.3 Å². The van der Waals surface area contributed by atoms with Crippen LogP contribution < -0.4 is 15.5 Å². The molecule has 5 heteroatoms. The fourth-order valence-corrected chi connectivity index (χ4v) is 2.64. The lowest BCUT2D eigenvalue weighted by Gasteiger charge is -2.27. The van der Waals surface area contributed by atoms with Gasteiger partial charge in [-0.25, -0.2) is 4.39 Å². The van der Waals surface area contributed by atoms with Gasteiger partial charge in [-0.05, 0) is 43.7 Å². The zero-order valence-electron chi connectivity index (χ0n) is 12.8. The van der Waals surface area contributed by atoms with Crippen molar-refractivity contribution in [2.45, 2.75) is 32.7 Å². The Hall–Kier alpha value is -1.62. The van der Waals surface area contributed by atoms with Gasteiger partial charge in [0.2, 0.25) is 5.91 Å². The summed E-state index contributed by atoms with van der Waals surface area (Å²) in [4.78, 5) is 13.6. The van der Waals surface area contributed by atoms with Gasteiger partial charge in [0.25, 0.3) is 0 Å². The second kappa shape index (κ2) is 7.41. The van der Waals surface area contributed by atoms with Crippen molar-refractivity contribution < 1.29 is 9.18 Å². The summed E-state index contributed by atoms with van der Waals surface area (Å²) in [6.07, 6.45) is 1.52. The molecular formula is C16H24FN3O. The van der Waals surface area contributed by atoms with E-state index in [-0.39, 0.29) is 17.8 Å². The average Bonchev–Trinajstić information content (AvgIpc) is 2.69. The highest BCUT2D eigenvalue weighted by molar-refractivity contribution is 5.77. The number of nitrogens with one attached hydrogen (secondary N) is 2. The lowest BCUT2D eigenvalue weighted by atomic mass is 10.0. The molecule has 0 spiro atoms. The average molecular weight is 293 g/mol. The van der Waals surface area contributed by atoms with Crippen LogP contribution >= 0.6 is 0 Å². The molecule has 1 fully saturated rings. The Bertz CT molecular complexity index is 492. The minimum absolute atomic E-state index is 0.0818. The molecule has 1 unspecified atom stereocenters. The van der Waals surface area contributed by atoms with Gasteiger partial charge >= 0.3 is 0 Å². The van der Waals surface area contributed by atoms with E-state index in [9.17, 15) is 9.18 Å². The molecular weight excluding hydrogens is 269 g/mol. The fourth-order valence-electron chi connectivity index (χ4n) is 2.64. The van der Waals surface area contributed by atoms with Crippen molar-refractivity contribution in [3.63, 3.8) is 0 Å². The van der Waals surface area contributed by atoms with Gasteiger partial charge in [-0.15, -0.1) is 0 Å². The van der Waals surface area contributed by atoms with Crippen LogP contribution in [-0.4, -0.2) is 32.1 Å². The summed E-state index contributed by atoms with van der Waals surface area (Å²) in [5, 5.41) is 6.27. The summed E-state index contributed by atoms with van der Waals surface area (Å²) in [6, 6.07) is 5.00. The predicted octanol–water partition coefficient (Wildman–Crippen LogP) is 2.21. The minimum Gasteiger partial charge on any atom is -0.369 e. The van der Waals surface area contributed by atoms with E-state index in [0.29, 0.717) is 19.5 Å². The van der Waals surface area contributed by atoms with Gasteiger partial charge in [-0.2, -0.15) is 0 Å². The SMILES string of the molecule is CCCNC(C)c1cc(F)ccc1N1CCNC(=O)CC1. The first-order chi connectivity index (χ1) is 10.1. The molecule has 1 aliphatic rings. The molecule has 21 heavy (non-hydrogen) atoms.